The summed E-state index contributed by atoms with van der Waals surface area (Å²) in [5, 5.41) is 3.61. The van der Waals surface area contributed by atoms with Gasteiger partial charge in [-0.2, -0.15) is 0 Å². The fourth-order valence-electron chi connectivity index (χ4n) is 1.98. The molecule has 0 spiro atoms. The zero-order valence-corrected chi connectivity index (χ0v) is 14.5. The fraction of sp³-hybridized carbons (Fsp3) is 0.250. The lowest BCUT2D eigenvalue weighted by atomic mass is 10.1. The van der Waals surface area contributed by atoms with Crippen LogP contribution in [0.2, 0.25) is 10.0 Å². The van der Waals surface area contributed by atoms with Gasteiger partial charge in [-0.25, -0.2) is 9.37 Å². The third kappa shape index (κ3) is 4.97. The van der Waals surface area contributed by atoms with Crippen molar-refractivity contribution in [3.63, 3.8) is 0 Å². The van der Waals surface area contributed by atoms with Crippen LogP contribution in [0.4, 0.5) is 10.2 Å². The number of guanidine groups is 1. The van der Waals surface area contributed by atoms with Gasteiger partial charge in [0.2, 0.25) is 0 Å². The number of halogens is 3. The molecule has 0 saturated carbocycles. The number of nitrogens with one attached hydrogen (secondary N) is 1. The number of ether oxygens (including phenoxy) is 1. The lowest BCUT2D eigenvalue weighted by molar-refractivity contribution is 0.339. The Kier molecular flexibility index (Phi) is 6.63. The van der Waals surface area contributed by atoms with Gasteiger partial charge in [0.25, 0.3) is 0 Å². The molecule has 0 bridgehead atoms. The first-order valence-corrected chi connectivity index (χ1v) is 8.05. The van der Waals surface area contributed by atoms with Gasteiger partial charge >= 0.3 is 0 Å². The van der Waals surface area contributed by atoms with E-state index in [0.717, 1.165) is 0 Å². The van der Waals surface area contributed by atoms with Crippen LogP contribution >= 0.6 is 23.2 Å². The molecule has 0 aliphatic rings. The molecule has 0 aliphatic heterocycles. The topological polar surface area (TPSA) is 72.5 Å². The highest BCUT2D eigenvalue weighted by Gasteiger charge is 2.12. The molecule has 24 heavy (non-hydrogen) atoms. The molecule has 2 rings (SSSR count). The number of benzene rings is 1. The van der Waals surface area contributed by atoms with Crippen molar-refractivity contribution in [3.8, 4) is 5.75 Å². The number of rotatable bonds is 6. The van der Waals surface area contributed by atoms with Crippen LogP contribution in [-0.4, -0.2) is 24.1 Å². The van der Waals surface area contributed by atoms with Gasteiger partial charge in [-0.05, 0) is 37.6 Å². The van der Waals surface area contributed by atoms with Gasteiger partial charge in [-0.3, -0.25) is 4.99 Å². The van der Waals surface area contributed by atoms with Crippen molar-refractivity contribution >= 4 is 35.0 Å². The van der Waals surface area contributed by atoms with E-state index in [2.05, 4.69) is 15.3 Å². The molecule has 1 heterocycles. The fourth-order valence-corrected chi connectivity index (χ4v) is 2.40. The summed E-state index contributed by atoms with van der Waals surface area (Å²) in [6, 6.07) is 6.19. The number of hydrogen-bond acceptors (Lipinski definition) is 3. The van der Waals surface area contributed by atoms with E-state index < -0.39 is 5.82 Å². The van der Waals surface area contributed by atoms with E-state index in [-0.39, 0.29) is 17.5 Å². The predicted molar refractivity (Wildman–Crippen MR) is 95.6 cm³/mol. The number of aromatic nitrogens is 1. The summed E-state index contributed by atoms with van der Waals surface area (Å²) in [6.45, 7) is 2.55. The van der Waals surface area contributed by atoms with Crippen molar-refractivity contribution in [2.24, 2.45) is 10.7 Å². The normalized spacial score (nSPS) is 11.4. The number of pyridine rings is 1. The average Bonchev–Trinajstić information content (AvgIpc) is 2.55. The second-order valence-electron chi connectivity index (χ2n) is 4.77. The Balaban J connectivity index is 2.00. The predicted octanol–water partition coefficient (Wildman–Crippen LogP) is 3.90. The van der Waals surface area contributed by atoms with Crippen LogP contribution in [-0.2, 0) is 6.42 Å². The minimum atomic E-state index is -0.399. The summed E-state index contributed by atoms with van der Waals surface area (Å²) in [4.78, 5) is 8.18. The quantitative estimate of drug-likeness (QED) is 0.597. The molecule has 0 radical (unpaired) electrons. The zero-order chi connectivity index (χ0) is 17.5. The second-order valence-corrected chi connectivity index (χ2v) is 5.59. The van der Waals surface area contributed by atoms with Crippen molar-refractivity contribution in [2.45, 2.75) is 13.3 Å². The molecule has 2 aromatic rings. The molecule has 3 N–H and O–H groups in total. The van der Waals surface area contributed by atoms with Crippen molar-refractivity contribution in [3.05, 3.63) is 51.9 Å². The molecule has 1 aromatic carbocycles. The minimum absolute atomic E-state index is 0.169. The van der Waals surface area contributed by atoms with Crippen molar-refractivity contribution in [2.75, 3.05) is 18.5 Å². The molecule has 8 heteroatoms. The zero-order valence-electron chi connectivity index (χ0n) is 13.0. The molecule has 5 nitrogen and oxygen atoms in total. The van der Waals surface area contributed by atoms with Crippen LogP contribution in [0.15, 0.2) is 35.5 Å². The van der Waals surface area contributed by atoms with E-state index >= 15 is 0 Å². The third-order valence-electron chi connectivity index (χ3n) is 3.08. The summed E-state index contributed by atoms with van der Waals surface area (Å²) in [5.74, 6) is 0.742. The Morgan fingerprint density at radius 1 is 1.33 bits per heavy atom. The summed E-state index contributed by atoms with van der Waals surface area (Å²) in [7, 11) is 0. The van der Waals surface area contributed by atoms with Crippen LogP contribution in [0.3, 0.4) is 0 Å². The van der Waals surface area contributed by atoms with Crippen LogP contribution in [0.1, 0.15) is 12.5 Å². The standard InChI is InChI=1S/C16H17Cl2FN4O/c1-2-24-13-5-4-12(19)11(15(13)18)7-8-21-16(20)23-14-6-3-10(17)9-22-14/h3-6,9H,2,7-8H2,1H3,(H3,20,21,22,23). The van der Waals surface area contributed by atoms with Gasteiger partial charge < -0.3 is 15.8 Å². The van der Waals surface area contributed by atoms with E-state index in [1.165, 1.54) is 18.3 Å². The monoisotopic (exact) mass is 370 g/mol. The Morgan fingerprint density at radius 3 is 2.79 bits per heavy atom. The van der Waals surface area contributed by atoms with Crippen LogP contribution in [0.25, 0.3) is 0 Å². The number of hydrogen-bond donors (Lipinski definition) is 2. The maximum absolute atomic E-state index is 13.9. The highest BCUT2D eigenvalue weighted by atomic mass is 35.5. The molecule has 0 fully saturated rings. The maximum Gasteiger partial charge on any atom is 0.194 e. The van der Waals surface area contributed by atoms with E-state index in [4.69, 9.17) is 33.7 Å². The van der Waals surface area contributed by atoms with Gasteiger partial charge in [0.05, 0.1) is 16.7 Å². The highest BCUT2D eigenvalue weighted by Crippen LogP contribution is 2.30. The maximum atomic E-state index is 13.9. The number of anilines is 1. The SMILES string of the molecule is CCOc1ccc(F)c(CCN=C(N)Nc2ccc(Cl)cn2)c1Cl. The first-order valence-electron chi connectivity index (χ1n) is 7.29. The van der Waals surface area contributed by atoms with Crippen molar-refractivity contribution in [1.29, 1.82) is 0 Å². The molecule has 0 atom stereocenters. The van der Waals surface area contributed by atoms with Crippen molar-refractivity contribution < 1.29 is 9.13 Å². The van der Waals surface area contributed by atoms with E-state index in [9.17, 15) is 4.39 Å². The van der Waals surface area contributed by atoms with Gasteiger partial charge in [0, 0.05) is 18.3 Å². The lowest BCUT2D eigenvalue weighted by Crippen LogP contribution is -2.23. The number of nitrogens with zero attached hydrogens (tertiary/aromatic N) is 2. The van der Waals surface area contributed by atoms with Gasteiger partial charge in [0.1, 0.15) is 17.4 Å². The van der Waals surface area contributed by atoms with Crippen LogP contribution < -0.4 is 15.8 Å². The van der Waals surface area contributed by atoms with E-state index in [1.807, 2.05) is 6.92 Å². The summed E-state index contributed by atoms with van der Waals surface area (Å²) in [5.41, 5.74) is 6.13. The van der Waals surface area contributed by atoms with Gasteiger partial charge in [-0.15, -0.1) is 0 Å². The molecular formula is C16H17Cl2FN4O. The first-order chi connectivity index (χ1) is 11.5. The molecule has 0 amide bonds. The molecule has 0 unspecified atom stereocenters. The molecule has 0 saturated heterocycles. The van der Waals surface area contributed by atoms with Crippen LogP contribution in [0, 0.1) is 5.82 Å². The summed E-state index contributed by atoms with van der Waals surface area (Å²) < 4.78 is 19.3. The molecule has 1 aromatic heterocycles. The lowest BCUT2D eigenvalue weighted by Gasteiger charge is -2.10. The number of nitrogens with two attached hydrogens (primary N) is 1. The van der Waals surface area contributed by atoms with E-state index in [0.29, 0.717) is 35.2 Å². The molecule has 128 valence electrons. The Labute approximate surface area is 149 Å². The number of aliphatic imine (C=N–C) groups is 1. The highest BCUT2D eigenvalue weighted by molar-refractivity contribution is 6.32. The Hall–Kier alpha value is -2.05. The molecular weight excluding hydrogens is 354 g/mol. The largest absolute Gasteiger partial charge is 0.492 e. The van der Waals surface area contributed by atoms with Crippen molar-refractivity contribution in [1.82, 2.24) is 4.98 Å². The second kappa shape index (κ2) is 8.70. The van der Waals surface area contributed by atoms with Gasteiger partial charge in [0.15, 0.2) is 5.96 Å². The molecule has 0 aliphatic carbocycles. The third-order valence-corrected chi connectivity index (χ3v) is 3.72. The minimum Gasteiger partial charge on any atom is -0.492 e. The average molecular weight is 371 g/mol. The Morgan fingerprint density at radius 2 is 2.12 bits per heavy atom. The summed E-state index contributed by atoms with van der Waals surface area (Å²) >= 11 is 11.9. The van der Waals surface area contributed by atoms with E-state index in [1.54, 1.807) is 12.1 Å². The summed E-state index contributed by atoms with van der Waals surface area (Å²) in [6.07, 6.45) is 1.79. The first kappa shape index (κ1) is 18.3. The Bertz CT molecular complexity index is 723. The smallest absolute Gasteiger partial charge is 0.194 e. The van der Waals surface area contributed by atoms with Crippen LogP contribution in [0.5, 0.6) is 5.75 Å². The van der Waals surface area contributed by atoms with Gasteiger partial charge in [-0.1, -0.05) is 23.2 Å².